The van der Waals surface area contributed by atoms with Crippen molar-refractivity contribution in [2.45, 2.75) is 110 Å². The number of guanidine groups is 1. The fraction of sp³-hybridized carbons (Fsp3) is 0.535. The minimum absolute atomic E-state index is 0.0349. The zero-order valence-electron chi connectivity index (χ0n) is 31.1. The predicted octanol–water partition coefficient (Wildman–Crippen LogP) is 8.58. The maximum absolute atomic E-state index is 14.8. The maximum atomic E-state index is 14.8. The van der Waals surface area contributed by atoms with Gasteiger partial charge in [0.2, 0.25) is 0 Å². The molecule has 3 bridgehead atoms. The summed E-state index contributed by atoms with van der Waals surface area (Å²) in [4.78, 5) is 23.3. The molecule has 2 fully saturated rings. The van der Waals surface area contributed by atoms with E-state index in [1.807, 2.05) is 13.0 Å². The minimum atomic E-state index is -0.552. The number of hydrogen-bond acceptors (Lipinski definition) is 7. The van der Waals surface area contributed by atoms with Crippen molar-refractivity contribution in [3.63, 3.8) is 0 Å². The number of carbonyl (C=O) groups is 1. The van der Waals surface area contributed by atoms with Gasteiger partial charge in [0.1, 0.15) is 5.75 Å². The summed E-state index contributed by atoms with van der Waals surface area (Å²) in [6.45, 7) is 6.21. The van der Waals surface area contributed by atoms with Crippen LogP contribution in [0.5, 0.6) is 5.75 Å². The molecule has 9 heteroatoms. The van der Waals surface area contributed by atoms with Crippen molar-refractivity contribution >= 4 is 40.1 Å². The predicted molar refractivity (Wildman–Crippen MR) is 216 cm³/mol. The number of hydrogen-bond donors (Lipinski definition) is 5. The van der Waals surface area contributed by atoms with Gasteiger partial charge in [-0.25, -0.2) is 0 Å². The standard InChI is InChI=1S/C43H54N4O3S2/c1-5-7-8-18-42-19-9-11-33-30(22-31(49)24-36(33)46-26-28(3)48)23-35(47-41(44)45-4)29-12-14-34(43(25-29,27-42)21-20-42)40(50)39-17-16-38(52-39)37-15-13-32(51-37)10-6-2/h13,15-17,22,24,28-29,34-35,46,48-49H,5,7-8,12,14,18-21,23,25-27H2,1-4H3,(H3,44,45,47). The Morgan fingerprint density at radius 2 is 1.96 bits per heavy atom. The zero-order valence-corrected chi connectivity index (χ0v) is 32.7. The van der Waals surface area contributed by atoms with Crippen LogP contribution in [0.3, 0.4) is 0 Å². The molecule has 3 aromatic rings. The number of phenols is 1. The molecule has 52 heavy (non-hydrogen) atoms. The van der Waals surface area contributed by atoms with Crippen LogP contribution in [0.2, 0.25) is 0 Å². The molecule has 6 rings (SSSR count). The van der Waals surface area contributed by atoms with E-state index >= 15 is 0 Å². The first-order valence-corrected chi connectivity index (χ1v) is 20.6. The van der Waals surface area contributed by atoms with Gasteiger partial charge in [-0.05, 0) is 118 Å². The average Bonchev–Trinajstić information content (AvgIpc) is 3.88. The van der Waals surface area contributed by atoms with Crippen molar-refractivity contribution in [3.8, 4) is 39.2 Å². The Morgan fingerprint density at radius 1 is 1.15 bits per heavy atom. The molecular weight excluding hydrogens is 685 g/mol. The van der Waals surface area contributed by atoms with E-state index in [-0.39, 0.29) is 34.5 Å². The summed E-state index contributed by atoms with van der Waals surface area (Å²) < 4.78 is 0. The number of aliphatic hydroxyl groups excluding tert-OH is 1. The molecule has 2 saturated carbocycles. The van der Waals surface area contributed by atoms with Gasteiger partial charge in [-0.3, -0.25) is 9.79 Å². The van der Waals surface area contributed by atoms with Gasteiger partial charge in [0.25, 0.3) is 0 Å². The number of aliphatic hydroxyl groups is 1. The molecule has 3 aliphatic rings. The number of rotatable bonds is 11. The van der Waals surface area contributed by atoms with E-state index in [2.05, 4.69) is 70.5 Å². The number of fused-ring (bicyclic) bond motifs is 3. The third-order valence-electron chi connectivity index (χ3n) is 11.7. The molecule has 2 aromatic heterocycles. The number of benzene rings is 1. The third kappa shape index (κ3) is 8.38. The lowest BCUT2D eigenvalue weighted by Crippen LogP contribution is -2.50. The van der Waals surface area contributed by atoms with Gasteiger partial charge >= 0.3 is 0 Å². The van der Waals surface area contributed by atoms with Gasteiger partial charge in [0.05, 0.1) is 27.1 Å². The number of nitrogens with two attached hydrogens (primary N) is 1. The molecule has 1 spiro atoms. The molecular formula is C43H54N4O3S2. The molecule has 1 aromatic carbocycles. The van der Waals surface area contributed by atoms with Crippen LogP contribution in [0.15, 0.2) is 41.4 Å². The van der Waals surface area contributed by atoms with Crippen molar-refractivity contribution < 1.29 is 15.0 Å². The monoisotopic (exact) mass is 738 g/mol. The lowest BCUT2D eigenvalue weighted by atomic mass is 9.57. The fourth-order valence-electron chi connectivity index (χ4n) is 9.29. The molecule has 6 atom stereocenters. The van der Waals surface area contributed by atoms with E-state index in [0.717, 1.165) is 101 Å². The molecule has 6 unspecified atom stereocenters. The number of aromatic hydroxyl groups is 1. The van der Waals surface area contributed by atoms with E-state index in [4.69, 9.17) is 5.73 Å². The van der Waals surface area contributed by atoms with Crippen molar-refractivity contribution in [1.29, 1.82) is 0 Å². The summed E-state index contributed by atoms with van der Waals surface area (Å²) in [7, 11) is 1.70. The molecule has 0 radical (unpaired) electrons. The second-order valence-electron chi connectivity index (χ2n) is 15.5. The summed E-state index contributed by atoms with van der Waals surface area (Å²) in [5.41, 5.74) is 8.84. The summed E-state index contributed by atoms with van der Waals surface area (Å²) in [5.74, 6) is 14.4. The van der Waals surface area contributed by atoms with Gasteiger partial charge < -0.3 is 26.6 Å². The van der Waals surface area contributed by atoms with Gasteiger partial charge in [-0.1, -0.05) is 43.9 Å². The van der Waals surface area contributed by atoms with Crippen molar-refractivity contribution in [2.75, 3.05) is 18.9 Å². The van der Waals surface area contributed by atoms with Gasteiger partial charge in [0.15, 0.2) is 11.7 Å². The Kier molecular flexibility index (Phi) is 12.1. The maximum Gasteiger partial charge on any atom is 0.188 e. The second kappa shape index (κ2) is 16.5. The van der Waals surface area contributed by atoms with Crippen LogP contribution in [-0.4, -0.2) is 47.7 Å². The van der Waals surface area contributed by atoms with Crippen LogP contribution in [0, 0.1) is 46.3 Å². The topological polar surface area (TPSA) is 120 Å². The van der Waals surface area contributed by atoms with Crippen LogP contribution in [0.4, 0.5) is 5.69 Å². The molecule has 7 nitrogen and oxygen atoms in total. The summed E-state index contributed by atoms with van der Waals surface area (Å²) in [6.07, 6.45) is 11.2. The number of phenolic OH excluding ortho intramolecular Hbond substituents is 1. The summed E-state index contributed by atoms with van der Waals surface area (Å²) in [6, 6.07) is 11.8. The Balaban J connectivity index is 1.40. The Hall–Kier alpha value is -3.76. The number of Topliss-reactive ketones (excluding diaryl/α,β-unsaturated/α-hetero) is 1. The van der Waals surface area contributed by atoms with Crippen molar-refractivity contribution in [1.82, 2.24) is 5.32 Å². The normalized spacial score (nSPS) is 26.0. The van der Waals surface area contributed by atoms with Gasteiger partial charge in [-0.2, -0.15) is 0 Å². The minimum Gasteiger partial charge on any atom is -0.508 e. The first-order valence-electron chi connectivity index (χ1n) is 19.0. The largest absolute Gasteiger partial charge is 0.508 e. The number of aliphatic imine (C=N–C) groups is 1. The molecule has 0 saturated heterocycles. The first-order chi connectivity index (χ1) is 25.1. The Bertz CT molecular complexity index is 1910. The van der Waals surface area contributed by atoms with Crippen LogP contribution >= 0.6 is 22.7 Å². The number of carbonyl (C=O) groups excluding carboxylic acids is 1. The highest BCUT2D eigenvalue weighted by Gasteiger charge is 2.56. The van der Waals surface area contributed by atoms with Gasteiger partial charge in [0, 0.05) is 47.8 Å². The highest BCUT2D eigenvalue weighted by atomic mass is 32.1. The lowest BCUT2D eigenvalue weighted by Gasteiger charge is -2.47. The highest BCUT2D eigenvalue weighted by Crippen LogP contribution is 2.63. The molecule has 0 aliphatic heterocycles. The van der Waals surface area contributed by atoms with Gasteiger partial charge in [-0.15, -0.1) is 28.6 Å². The average molecular weight is 739 g/mol. The van der Waals surface area contributed by atoms with E-state index in [0.29, 0.717) is 24.7 Å². The fourth-order valence-corrected chi connectivity index (χ4v) is 11.3. The number of anilines is 1. The Labute approximate surface area is 317 Å². The molecule has 0 amide bonds. The first kappa shape index (κ1) is 38.0. The Morgan fingerprint density at radius 3 is 2.73 bits per heavy atom. The van der Waals surface area contributed by atoms with Crippen LogP contribution in [-0.2, 0) is 6.42 Å². The van der Waals surface area contributed by atoms with Crippen LogP contribution in [0.1, 0.15) is 117 Å². The van der Waals surface area contributed by atoms with E-state index in [1.165, 1.54) is 6.42 Å². The lowest BCUT2D eigenvalue weighted by molar-refractivity contribution is 0.0329. The smallest absolute Gasteiger partial charge is 0.188 e. The molecule has 276 valence electrons. The number of nitrogens with zero attached hydrogens (tertiary/aromatic N) is 1. The molecule has 6 N–H and O–H groups in total. The third-order valence-corrected chi connectivity index (χ3v) is 14.0. The number of thiophene rings is 2. The van der Waals surface area contributed by atoms with Crippen LogP contribution < -0.4 is 16.4 Å². The quantitative estimate of drug-likeness (QED) is 0.0442. The van der Waals surface area contributed by atoms with E-state index in [1.54, 1.807) is 42.7 Å². The zero-order chi connectivity index (χ0) is 36.9. The molecule has 3 aliphatic carbocycles. The summed E-state index contributed by atoms with van der Waals surface area (Å²) >= 11 is 3.31. The number of unbranched alkanes of at least 4 members (excludes halogenated alkanes) is 2. The SMILES string of the molecule is CC#Cc1ccc(-c2ccc(C(=O)C3CCC4CC35CCC(CCCCC)(CC#Cc3c(cc(O)cc3NCC(C)O)CC4NC(N)=NC)C5)s2)s1. The molecule has 2 heterocycles. The van der Waals surface area contributed by atoms with E-state index < -0.39 is 6.10 Å². The van der Waals surface area contributed by atoms with E-state index in [9.17, 15) is 15.0 Å². The number of ketones is 1. The van der Waals surface area contributed by atoms with Crippen molar-refractivity contribution in [3.05, 3.63) is 57.3 Å². The van der Waals surface area contributed by atoms with Crippen LogP contribution in [0.25, 0.3) is 9.75 Å². The number of nitrogens with one attached hydrogen (secondary N) is 2. The highest BCUT2D eigenvalue weighted by molar-refractivity contribution is 7.23. The van der Waals surface area contributed by atoms with Crippen molar-refractivity contribution in [2.24, 2.45) is 33.4 Å². The summed E-state index contributed by atoms with van der Waals surface area (Å²) in [5, 5.41) is 27.9. The second-order valence-corrected chi connectivity index (χ2v) is 17.6.